The van der Waals surface area contributed by atoms with Gasteiger partial charge in [-0.15, -0.1) is 10.2 Å². The predicted molar refractivity (Wildman–Crippen MR) is 93.7 cm³/mol. The normalized spacial score (nSPS) is 11.1. The summed E-state index contributed by atoms with van der Waals surface area (Å²) in [5, 5.41) is 10.9. The average molecular weight is 358 g/mol. The fourth-order valence-corrected chi connectivity index (χ4v) is 3.04. The van der Waals surface area contributed by atoms with Gasteiger partial charge in [0, 0.05) is 5.69 Å². The Morgan fingerprint density at radius 1 is 0.840 bits per heavy atom. The highest BCUT2D eigenvalue weighted by Gasteiger charge is 2.15. The predicted octanol–water partition coefficient (Wildman–Crippen LogP) is 3.47. The molecule has 8 heteroatoms. The summed E-state index contributed by atoms with van der Waals surface area (Å²) in [6, 6.07) is 15.3. The molecule has 0 aliphatic heterocycles. The summed E-state index contributed by atoms with van der Waals surface area (Å²) in [6.45, 7) is 1.99. The van der Waals surface area contributed by atoms with Crippen LogP contribution in [0.5, 0.6) is 0 Å². The van der Waals surface area contributed by atoms with E-state index in [2.05, 4.69) is 20.2 Å². The van der Waals surface area contributed by atoms with Crippen LogP contribution in [-0.2, 0) is 10.0 Å². The second-order valence-corrected chi connectivity index (χ2v) is 7.04. The van der Waals surface area contributed by atoms with E-state index in [0.29, 0.717) is 5.82 Å². The number of nitrogens with one attached hydrogen (secondary N) is 2. The third kappa shape index (κ3) is 4.30. The Morgan fingerprint density at radius 2 is 1.44 bits per heavy atom. The number of anilines is 3. The van der Waals surface area contributed by atoms with Crippen molar-refractivity contribution in [1.29, 1.82) is 0 Å². The van der Waals surface area contributed by atoms with Crippen LogP contribution in [0.25, 0.3) is 0 Å². The molecule has 0 fully saturated rings. The van der Waals surface area contributed by atoms with Crippen molar-refractivity contribution in [3.05, 3.63) is 72.0 Å². The molecule has 6 nitrogen and oxygen atoms in total. The van der Waals surface area contributed by atoms with Gasteiger partial charge in [-0.1, -0.05) is 17.7 Å². The van der Waals surface area contributed by atoms with E-state index in [1.165, 1.54) is 18.2 Å². The largest absolute Gasteiger partial charge is 0.339 e. The molecular weight excluding hydrogens is 343 g/mol. The summed E-state index contributed by atoms with van der Waals surface area (Å²) in [4.78, 5) is -0.0578. The Balaban J connectivity index is 1.71. The smallest absolute Gasteiger partial charge is 0.263 e. The Kier molecular flexibility index (Phi) is 4.62. The monoisotopic (exact) mass is 358 g/mol. The maximum Gasteiger partial charge on any atom is 0.263 e. The van der Waals surface area contributed by atoms with Gasteiger partial charge in [0.1, 0.15) is 5.82 Å². The van der Waals surface area contributed by atoms with Crippen LogP contribution in [-0.4, -0.2) is 18.6 Å². The zero-order chi connectivity index (χ0) is 17.9. The van der Waals surface area contributed by atoms with E-state index in [9.17, 15) is 12.8 Å². The molecule has 0 aliphatic carbocycles. The van der Waals surface area contributed by atoms with Gasteiger partial charge in [0.05, 0.1) is 4.90 Å². The summed E-state index contributed by atoms with van der Waals surface area (Å²) in [5.41, 5.74) is 1.99. The SMILES string of the molecule is Cc1ccc(Nc2ccc(NS(=O)(=O)c3ccc(F)cc3)nn2)cc1. The second kappa shape index (κ2) is 6.86. The van der Waals surface area contributed by atoms with Gasteiger partial charge in [-0.2, -0.15) is 0 Å². The zero-order valence-corrected chi connectivity index (χ0v) is 14.1. The molecule has 0 saturated carbocycles. The molecule has 1 aromatic heterocycles. The van der Waals surface area contributed by atoms with Crippen molar-refractivity contribution >= 4 is 27.3 Å². The molecule has 2 N–H and O–H groups in total. The molecule has 0 atom stereocenters. The number of hydrogen-bond acceptors (Lipinski definition) is 5. The zero-order valence-electron chi connectivity index (χ0n) is 13.3. The van der Waals surface area contributed by atoms with E-state index < -0.39 is 15.8 Å². The number of sulfonamides is 1. The summed E-state index contributed by atoms with van der Waals surface area (Å²) in [5.74, 6) is 0.0395. The molecule has 0 saturated heterocycles. The molecule has 128 valence electrons. The summed E-state index contributed by atoms with van der Waals surface area (Å²) in [6.07, 6.45) is 0. The van der Waals surface area contributed by atoms with E-state index in [1.807, 2.05) is 31.2 Å². The van der Waals surface area contributed by atoms with Crippen molar-refractivity contribution in [2.45, 2.75) is 11.8 Å². The first-order chi connectivity index (χ1) is 11.9. The standard InChI is InChI=1S/C17H15FN4O2S/c1-12-2-6-14(7-3-12)19-16-10-11-17(21-20-16)22-25(23,24)15-8-4-13(18)5-9-15/h2-11H,1H3,(H,19,20)(H,21,22). The van der Waals surface area contributed by atoms with E-state index in [0.717, 1.165) is 23.4 Å². The highest BCUT2D eigenvalue weighted by Crippen LogP contribution is 2.17. The van der Waals surface area contributed by atoms with Gasteiger partial charge in [0.25, 0.3) is 10.0 Å². The number of rotatable bonds is 5. The first-order valence-corrected chi connectivity index (χ1v) is 8.86. The third-order valence-corrected chi connectivity index (χ3v) is 4.72. The first-order valence-electron chi connectivity index (χ1n) is 7.38. The number of benzene rings is 2. The van der Waals surface area contributed by atoms with Crippen molar-refractivity contribution < 1.29 is 12.8 Å². The van der Waals surface area contributed by atoms with Crippen LogP contribution in [0.2, 0.25) is 0 Å². The van der Waals surface area contributed by atoms with Gasteiger partial charge in [-0.05, 0) is 55.5 Å². The van der Waals surface area contributed by atoms with Gasteiger partial charge < -0.3 is 5.32 Å². The summed E-state index contributed by atoms with van der Waals surface area (Å²) < 4.78 is 39.6. The van der Waals surface area contributed by atoms with Gasteiger partial charge >= 0.3 is 0 Å². The molecule has 0 radical (unpaired) electrons. The van der Waals surface area contributed by atoms with Crippen LogP contribution < -0.4 is 10.0 Å². The fourth-order valence-electron chi connectivity index (χ4n) is 2.05. The van der Waals surface area contributed by atoms with E-state index in [1.54, 1.807) is 6.07 Å². The molecule has 0 bridgehead atoms. The molecule has 3 aromatic rings. The number of hydrogen-bond donors (Lipinski definition) is 2. The summed E-state index contributed by atoms with van der Waals surface area (Å²) in [7, 11) is -3.85. The molecule has 0 spiro atoms. The van der Waals surface area contributed by atoms with Crippen molar-refractivity contribution in [3.8, 4) is 0 Å². The summed E-state index contributed by atoms with van der Waals surface area (Å²) >= 11 is 0. The minimum Gasteiger partial charge on any atom is -0.339 e. The molecule has 25 heavy (non-hydrogen) atoms. The lowest BCUT2D eigenvalue weighted by Crippen LogP contribution is -2.14. The Morgan fingerprint density at radius 3 is 2.04 bits per heavy atom. The number of halogens is 1. The van der Waals surface area contributed by atoms with Crippen LogP contribution in [0.3, 0.4) is 0 Å². The minimum atomic E-state index is -3.85. The highest BCUT2D eigenvalue weighted by molar-refractivity contribution is 7.92. The topological polar surface area (TPSA) is 84.0 Å². The Hall–Kier alpha value is -3.00. The molecule has 2 aromatic carbocycles. The van der Waals surface area contributed by atoms with Crippen molar-refractivity contribution in [3.63, 3.8) is 0 Å². The lowest BCUT2D eigenvalue weighted by Gasteiger charge is -2.08. The van der Waals surface area contributed by atoms with Gasteiger partial charge in [0.2, 0.25) is 0 Å². The fraction of sp³-hybridized carbons (Fsp3) is 0.0588. The average Bonchev–Trinajstić information content (AvgIpc) is 2.59. The van der Waals surface area contributed by atoms with E-state index in [4.69, 9.17) is 0 Å². The van der Waals surface area contributed by atoms with E-state index in [-0.39, 0.29) is 10.7 Å². The molecule has 1 heterocycles. The van der Waals surface area contributed by atoms with Crippen LogP contribution in [0.1, 0.15) is 5.56 Å². The van der Waals surface area contributed by atoms with Crippen LogP contribution in [0.4, 0.5) is 21.7 Å². The maximum atomic E-state index is 12.9. The molecular formula is C17H15FN4O2S. The van der Waals surface area contributed by atoms with Crippen LogP contribution in [0, 0.1) is 12.7 Å². The second-order valence-electron chi connectivity index (χ2n) is 5.35. The van der Waals surface area contributed by atoms with Crippen molar-refractivity contribution in [2.24, 2.45) is 0 Å². The molecule has 0 amide bonds. The Labute approximate surface area is 144 Å². The van der Waals surface area contributed by atoms with Crippen molar-refractivity contribution in [2.75, 3.05) is 10.0 Å². The van der Waals surface area contributed by atoms with Gasteiger partial charge in [-0.25, -0.2) is 12.8 Å². The number of nitrogens with zero attached hydrogens (tertiary/aromatic N) is 2. The lowest BCUT2D eigenvalue weighted by molar-refractivity contribution is 0.599. The van der Waals surface area contributed by atoms with Gasteiger partial charge in [-0.3, -0.25) is 4.72 Å². The number of aromatic nitrogens is 2. The van der Waals surface area contributed by atoms with Crippen LogP contribution >= 0.6 is 0 Å². The van der Waals surface area contributed by atoms with Gasteiger partial charge in [0.15, 0.2) is 11.6 Å². The van der Waals surface area contributed by atoms with E-state index >= 15 is 0 Å². The first kappa shape index (κ1) is 16.8. The molecule has 0 unspecified atom stereocenters. The van der Waals surface area contributed by atoms with Crippen LogP contribution in [0.15, 0.2) is 65.6 Å². The lowest BCUT2D eigenvalue weighted by atomic mass is 10.2. The molecule has 0 aliphatic rings. The third-order valence-electron chi connectivity index (χ3n) is 3.35. The maximum absolute atomic E-state index is 12.9. The minimum absolute atomic E-state index is 0.0578. The quantitative estimate of drug-likeness (QED) is 0.730. The number of aryl methyl sites for hydroxylation is 1. The molecule has 3 rings (SSSR count). The highest BCUT2D eigenvalue weighted by atomic mass is 32.2. The Bertz CT molecular complexity index is 957. The van der Waals surface area contributed by atoms with Crippen molar-refractivity contribution in [1.82, 2.24) is 10.2 Å².